The minimum Gasteiger partial charge on any atom is -0.349 e. The Morgan fingerprint density at radius 2 is 1.96 bits per heavy atom. The summed E-state index contributed by atoms with van der Waals surface area (Å²) >= 11 is 0. The molecule has 0 fully saturated rings. The van der Waals surface area contributed by atoms with Crippen molar-refractivity contribution in [3.05, 3.63) is 47.5 Å². The van der Waals surface area contributed by atoms with Crippen LogP contribution in [0, 0.1) is 0 Å². The maximum Gasteiger partial charge on any atom is 0.416 e. The van der Waals surface area contributed by atoms with Crippen LogP contribution in [-0.2, 0) is 19.1 Å². The van der Waals surface area contributed by atoms with Crippen molar-refractivity contribution in [3.63, 3.8) is 0 Å². The van der Waals surface area contributed by atoms with E-state index >= 15 is 0 Å². The van der Waals surface area contributed by atoms with Gasteiger partial charge in [0.1, 0.15) is 12.2 Å². The van der Waals surface area contributed by atoms with E-state index in [0.29, 0.717) is 13.0 Å². The van der Waals surface area contributed by atoms with Gasteiger partial charge in [-0.1, -0.05) is 0 Å². The van der Waals surface area contributed by atoms with Crippen molar-refractivity contribution in [2.45, 2.75) is 38.0 Å². The van der Waals surface area contributed by atoms with Gasteiger partial charge < -0.3 is 9.88 Å². The van der Waals surface area contributed by atoms with E-state index in [0.717, 1.165) is 30.8 Å². The van der Waals surface area contributed by atoms with Gasteiger partial charge in [0.05, 0.1) is 5.56 Å². The monoisotopic (exact) mass is 324 g/mol. The number of amides is 1. The van der Waals surface area contributed by atoms with Crippen LogP contribution < -0.4 is 5.32 Å². The molecule has 122 valence electrons. The summed E-state index contributed by atoms with van der Waals surface area (Å²) < 4.78 is 39.5. The summed E-state index contributed by atoms with van der Waals surface area (Å²) in [5, 5.41) is 10.7. The van der Waals surface area contributed by atoms with E-state index in [1.807, 2.05) is 4.57 Å². The first kappa shape index (κ1) is 15.5. The van der Waals surface area contributed by atoms with E-state index in [9.17, 15) is 18.0 Å². The summed E-state index contributed by atoms with van der Waals surface area (Å²) in [6.45, 7) is 0.709. The fourth-order valence-corrected chi connectivity index (χ4v) is 2.63. The highest BCUT2D eigenvalue weighted by Crippen LogP contribution is 2.29. The minimum atomic E-state index is -4.40. The summed E-state index contributed by atoms with van der Waals surface area (Å²) in [7, 11) is 0. The van der Waals surface area contributed by atoms with Gasteiger partial charge in [-0.05, 0) is 37.1 Å². The highest BCUT2D eigenvalue weighted by Gasteiger charge is 2.30. The number of benzene rings is 1. The molecule has 2 heterocycles. The molecule has 1 aromatic carbocycles. The number of fused-ring (bicyclic) bond motifs is 1. The first-order valence-electron chi connectivity index (χ1n) is 7.28. The molecule has 0 saturated heterocycles. The zero-order valence-electron chi connectivity index (χ0n) is 12.2. The molecule has 2 aromatic rings. The number of hydrogen-bond donors (Lipinski definition) is 1. The molecule has 0 saturated carbocycles. The molecule has 1 N–H and O–H groups in total. The molecule has 8 heteroatoms. The molecule has 1 aliphatic rings. The van der Waals surface area contributed by atoms with E-state index in [2.05, 4.69) is 15.5 Å². The van der Waals surface area contributed by atoms with Crippen molar-refractivity contribution in [1.82, 2.24) is 20.1 Å². The largest absolute Gasteiger partial charge is 0.416 e. The lowest BCUT2D eigenvalue weighted by Crippen LogP contribution is -2.35. The Morgan fingerprint density at radius 1 is 1.22 bits per heavy atom. The van der Waals surface area contributed by atoms with Gasteiger partial charge in [-0.15, -0.1) is 10.2 Å². The molecular formula is C15H15F3N4O. The first-order chi connectivity index (χ1) is 10.9. The second-order valence-corrected chi connectivity index (χ2v) is 5.51. The fraction of sp³-hybridized carbons (Fsp3) is 0.400. The molecule has 1 atom stereocenters. The Balaban J connectivity index is 1.62. The number of halogens is 3. The van der Waals surface area contributed by atoms with E-state index < -0.39 is 11.7 Å². The molecule has 23 heavy (non-hydrogen) atoms. The predicted octanol–water partition coefficient (Wildman–Crippen LogP) is 2.43. The van der Waals surface area contributed by atoms with Crippen LogP contribution in [0.3, 0.4) is 0 Å². The summed E-state index contributed by atoms with van der Waals surface area (Å²) in [6, 6.07) is 4.20. The Bertz CT molecular complexity index is 671. The molecule has 1 amide bonds. The number of carbonyl (C=O) groups is 1. The van der Waals surface area contributed by atoms with E-state index in [-0.39, 0.29) is 17.5 Å². The van der Waals surface area contributed by atoms with Gasteiger partial charge in [-0.3, -0.25) is 4.79 Å². The number of carbonyl (C=O) groups excluding carboxylic acids is 1. The maximum absolute atomic E-state index is 12.5. The van der Waals surface area contributed by atoms with Crippen molar-refractivity contribution < 1.29 is 18.0 Å². The second-order valence-electron chi connectivity index (χ2n) is 5.51. The Kier molecular flexibility index (Phi) is 4.06. The van der Waals surface area contributed by atoms with Crippen LogP contribution in [0.25, 0.3) is 0 Å². The lowest BCUT2D eigenvalue weighted by Gasteiger charge is -2.16. The normalized spacial score (nSPS) is 18.1. The van der Waals surface area contributed by atoms with Crippen molar-refractivity contribution in [1.29, 1.82) is 0 Å². The molecule has 0 aliphatic carbocycles. The van der Waals surface area contributed by atoms with Crippen LogP contribution in [0.2, 0.25) is 0 Å². The van der Waals surface area contributed by atoms with Gasteiger partial charge in [0.2, 0.25) is 0 Å². The maximum atomic E-state index is 12.5. The lowest BCUT2D eigenvalue weighted by molar-refractivity contribution is -0.137. The van der Waals surface area contributed by atoms with Crippen molar-refractivity contribution in [2.24, 2.45) is 0 Å². The highest BCUT2D eigenvalue weighted by molar-refractivity contribution is 5.94. The lowest BCUT2D eigenvalue weighted by atomic mass is 10.1. The standard InChI is InChI=1S/C15H15F3N4O/c16-15(17,18)11-3-1-10(2-4-11)14(23)20-12-5-6-13-21-19-9-22(13)8-7-12/h1-4,9,12H,5-8H2,(H,20,23). The summed E-state index contributed by atoms with van der Waals surface area (Å²) in [4.78, 5) is 12.2. The van der Waals surface area contributed by atoms with Gasteiger partial charge in [0.25, 0.3) is 5.91 Å². The van der Waals surface area contributed by atoms with Crippen molar-refractivity contribution in [2.75, 3.05) is 0 Å². The minimum absolute atomic E-state index is 0.0357. The second kappa shape index (κ2) is 6.02. The zero-order valence-corrected chi connectivity index (χ0v) is 12.2. The number of aromatic nitrogens is 3. The Morgan fingerprint density at radius 3 is 2.65 bits per heavy atom. The summed E-state index contributed by atoms with van der Waals surface area (Å²) in [5.74, 6) is 0.526. The number of hydrogen-bond acceptors (Lipinski definition) is 3. The van der Waals surface area contributed by atoms with Crippen LogP contribution >= 0.6 is 0 Å². The SMILES string of the molecule is O=C(NC1CCc2nncn2CC1)c1ccc(C(F)(F)F)cc1. The van der Waals surface area contributed by atoms with E-state index in [4.69, 9.17) is 0 Å². The average Bonchev–Trinajstić information content (AvgIpc) is 2.88. The van der Waals surface area contributed by atoms with Gasteiger partial charge in [0.15, 0.2) is 0 Å². The third kappa shape index (κ3) is 3.52. The molecule has 0 radical (unpaired) electrons. The van der Waals surface area contributed by atoms with Crippen LogP contribution in [0.15, 0.2) is 30.6 Å². The van der Waals surface area contributed by atoms with Crippen LogP contribution in [-0.4, -0.2) is 26.7 Å². The third-order valence-corrected chi connectivity index (χ3v) is 3.94. The molecule has 0 bridgehead atoms. The summed E-state index contributed by atoms with van der Waals surface area (Å²) in [5.41, 5.74) is -0.539. The quantitative estimate of drug-likeness (QED) is 0.923. The molecule has 1 aliphatic heterocycles. The van der Waals surface area contributed by atoms with Crippen LogP contribution in [0.5, 0.6) is 0 Å². The topological polar surface area (TPSA) is 59.8 Å². The Labute approximate surface area is 130 Å². The average molecular weight is 324 g/mol. The highest BCUT2D eigenvalue weighted by atomic mass is 19.4. The number of nitrogens with one attached hydrogen (secondary N) is 1. The van der Waals surface area contributed by atoms with Gasteiger partial charge in [-0.25, -0.2) is 0 Å². The van der Waals surface area contributed by atoms with Gasteiger partial charge in [0, 0.05) is 24.6 Å². The number of rotatable bonds is 2. The number of nitrogens with zero attached hydrogens (tertiary/aromatic N) is 3. The zero-order chi connectivity index (χ0) is 16.4. The first-order valence-corrected chi connectivity index (χ1v) is 7.28. The van der Waals surface area contributed by atoms with Crippen molar-refractivity contribution in [3.8, 4) is 0 Å². The van der Waals surface area contributed by atoms with Crippen LogP contribution in [0.1, 0.15) is 34.6 Å². The predicted molar refractivity (Wildman–Crippen MR) is 75.7 cm³/mol. The molecular weight excluding hydrogens is 309 g/mol. The molecule has 1 unspecified atom stereocenters. The molecule has 3 rings (SSSR count). The van der Waals surface area contributed by atoms with Gasteiger partial charge in [-0.2, -0.15) is 13.2 Å². The van der Waals surface area contributed by atoms with E-state index in [1.54, 1.807) is 6.33 Å². The molecule has 0 spiro atoms. The van der Waals surface area contributed by atoms with Gasteiger partial charge >= 0.3 is 6.18 Å². The smallest absolute Gasteiger partial charge is 0.349 e. The third-order valence-electron chi connectivity index (χ3n) is 3.94. The summed E-state index contributed by atoms with van der Waals surface area (Å²) in [6.07, 6.45) is -0.569. The fourth-order valence-electron chi connectivity index (χ4n) is 2.63. The number of aryl methyl sites for hydroxylation is 2. The Hall–Kier alpha value is -2.38. The van der Waals surface area contributed by atoms with Crippen molar-refractivity contribution >= 4 is 5.91 Å². The van der Waals surface area contributed by atoms with Crippen LogP contribution in [0.4, 0.5) is 13.2 Å². The number of alkyl halides is 3. The molecule has 1 aromatic heterocycles. The van der Waals surface area contributed by atoms with E-state index in [1.165, 1.54) is 12.1 Å². The molecule has 5 nitrogen and oxygen atoms in total.